The fraction of sp³-hybridized carbons (Fsp3) is 0.417. The molecule has 0 saturated carbocycles. The molecule has 0 aromatic carbocycles. The van der Waals surface area contributed by atoms with Crippen molar-refractivity contribution in [3.8, 4) is 0 Å². The van der Waals surface area contributed by atoms with Crippen LogP contribution in [0.1, 0.15) is 6.92 Å². The van der Waals surface area contributed by atoms with Crippen LogP contribution in [0.4, 0.5) is 0 Å². The molecule has 4 heteroatoms. The molecule has 2 rings (SSSR count). The summed E-state index contributed by atoms with van der Waals surface area (Å²) in [5.74, 6) is 1.94. The minimum absolute atomic E-state index is 0.0162. The van der Waals surface area contributed by atoms with Gasteiger partial charge in [-0.15, -0.1) is 0 Å². The summed E-state index contributed by atoms with van der Waals surface area (Å²) in [4.78, 5) is 25.9. The van der Waals surface area contributed by atoms with E-state index in [0.29, 0.717) is 11.9 Å². The van der Waals surface area contributed by atoms with E-state index in [4.69, 9.17) is 0 Å². The molecule has 1 aliphatic heterocycles. The van der Waals surface area contributed by atoms with Crippen LogP contribution in [0.25, 0.3) is 0 Å². The second-order valence-corrected chi connectivity index (χ2v) is 6.24. The van der Waals surface area contributed by atoms with Crippen molar-refractivity contribution in [2.45, 2.75) is 6.92 Å². The molecule has 0 amide bonds. The molecule has 2 aliphatic rings. The molecule has 1 atom stereocenters. The molecule has 0 aromatic rings. The van der Waals surface area contributed by atoms with Crippen LogP contribution < -0.4 is 0 Å². The number of nitrogens with zero attached hydrogens (tertiary/aromatic N) is 1. The number of carbonyl (C=O) groups is 2. The van der Waals surface area contributed by atoms with Crippen molar-refractivity contribution in [3.05, 3.63) is 23.4 Å². The van der Waals surface area contributed by atoms with Crippen molar-refractivity contribution >= 4 is 27.4 Å². The number of aldehydes is 1. The number of carbonyl (C=O) groups excluding carboxylic acids is 2. The van der Waals surface area contributed by atoms with Crippen molar-refractivity contribution < 1.29 is 9.59 Å². The summed E-state index contributed by atoms with van der Waals surface area (Å²) < 4.78 is 0. The van der Waals surface area contributed by atoms with Crippen LogP contribution in [0.5, 0.6) is 0 Å². The number of hydrogen-bond acceptors (Lipinski definition) is 3. The third-order valence-electron chi connectivity index (χ3n) is 2.97. The number of ketones is 1. The van der Waals surface area contributed by atoms with E-state index in [9.17, 15) is 9.59 Å². The molecule has 0 radical (unpaired) electrons. The summed E-state index contributed by atoms with van der Waals surface area (Å²) >= 11 is 0. The fourth-order valence-electron chi connectivity index (χ4n) is 2.00. The lowest BCUT2D eigenvalue weighted by Crippen LogP contribution is -2.37. The van der Waals surface area contributed by atoms with E-state index < -0.39 is 0 Å². The largest absolute Gasteiger partial charge is 0.373 e. The van der Waals surface area contributed by atoms with Crippen LogP contribution >= 0.6 is 10.5 Å². The topological polar surface area (TPSA) is 37.4 Å². The lowest BCUT2D eigenvalue weighted by atomic mass is 10.0. The van der Waals surface area contributed by atoms with Gasteiger partial charge in [-0.1, -0.05) is 6.92 Å². The SMILES string of the molecule is CCS1=C2C(=O)C(C=O)=CC=C2N(C)CC1. The van der Waals surface area contributed by atoms with E-state index in [1.54, 1.807) is 6.08 Å². The third-order valence-corrected chi connectivity index (χ3v) is 5.31. The highest BCUT2D eigenvalue weighted by Gasteiger charge is 2.29. The minimum atomic E-state index is -0.0655. The predicted octanol–water partition coefficient (Wildman–Crippen LogP) is 0.985. The molecule has 0 aromatic heterocycles. The van der Waals surface area contributed by atoms with Crippen molar-refractivity contribution in [2.24, 2.45) is 0 Å². The van der Waals surface area contributed by atoms with Gasteiger partial charge in [-0.25, -0.2) is 0 Å². The Hall–Kier alpha value is -1.16. The summed E-state index contributed by atoms with van der Waals surface area (Å²) in [5.41, 5.74) is 1.30. The Morgan fingerprint density at radius 2 is 2.25 bits per heavy atom. The molecule has 1 heterocycles. The monoisotopic (exact) mass is 237 g/mol. The fourth-order valence-corrected chi connectivity index (χ4v) is 4.17. The van der Waals surface area contributed by atoms with Gasteiger partial charge in [0.2, 0.25) is 5.78 Å². The zero-order chi connectivity index (χ0) is 11.7. The molecule has 0 bridgehead atoms. The molecule has 3 nitrogen and oxygen atoms in total. The highest BCUT2D eigenvalue weighted by Crippen LogP contribution is 2.29. The summed E-state index contributed by atoms with van der Waals surface area (Å²) in [6.07, 6.45) is 4.19. The van der Waals surface area contributed by atoms with Crippen molar-refractivity contribution in [1.29, 1.82) is 0 Å². The van der Waals surface area contributed by atoms with Crippen LogP contribution in [0, 0.1) is 0 Å². The molecule has 16 heavy (non-hydrogen) atoms. The highest BCUT2D eigenvalue weighted by molar-refractivity contribution is 8.17. The van der Waals surface area contributed by atoms with Gasteiger partial charge >= 0.3 is 0 Å². The lowest BCUT2D eigenvalue weighted by molar-refractivity contribution is -0.112. The van der Waals surface area contributed by atoms with Crippen molar-refractivity contribution in [3.63, 3.8) is 0 Å². The first-order valence-electron chi connectivity index (χ1n) is 5.36. The maximum atomic E-state index is 12.1. The van der Waals surface area contributed by atoms with Gasteiger partial charge in [-0.05, 0) is 17.9 Å². The Labute approximate surface area is 97.7 Å². The average molecular weight is 237 g/mol. The molecular weight excluding hydrogens is 222 g/mol. The van der Waals surface area contributed by atoms with Gasteiger partial charge in [-0.2, -0.15) is 10.5 Å². The van der Waals surface area contributed by atoms with E-state index in [-0.39, 0.29) is 16.3 Å². The first kappa shape index (κ1) is 11.3. The molecule has 1 unspecified atom stereocenters. The van der Waals surface area contributed by atoms with Crippen LogP contribution in [0.15, 0.2) is 23.4 Å². The number of Topliss-reactive ketones (excluding diaryl/α,β-unsaturated/α-hetero) is 1. The quantitative estimate of drug-likeness (QED) is 0.408. The van der Waals surface area contributed by atoms with Gasteiger partial charge in [0.1, 0.15) is 0 Å². The second kappa shape index (κ2) is 4.37. The maximum Gasteiger partial charge on any atom is 0.203 e. The van der Waals surface area contributed by atoms with Gasteiger partial charge in [-0.3, -0.25) is 9.59 Å². The molecule has 86 valence electrons. The van der Waals surface area contributed by atoms with Crippen LogP contribution in [-0.4, -0.2) is 46.9 Å². The molecule has 0 spiro atoms. The summed E-state index contributed by atoms with van der Waals surface area (Å²) in [6, 6.07) is 0. The number of fused-ring (bicyclic) bond motifs is 1. The lowest BCUT2D eigenvalue weighted by Gasteiger charge is -2.33. The van der Waals surface area contributed by atoms with Crippen LogP contribution in [0.2, 0.25) is 0 Å². The molecule has 0 N–H and O–H groups in total. The Bertz CT molecular complexity index is 446. The van der Waals surface area contributed by atoms with Gasteiger partial charge in [0.15, 0.2) is 6.29 Å². The Morgan fingerprint density at radius 3 is 2.88 bits per heavy atom. The van der Waals surface area contributed by atoms with E-state index in [0.717, 1.165) is 28.6 Å². The third kappa shape index (κ3) is 1.67. The first-order chi connectivity index (χ1) is 7.69. The zero-order valence-electron chi connectivity index (χ0n) is 9.53. The Kier molecular flexibility index (Phi) is 3.10. The summed E-state index contributed by atoms with van der Waals surface area (Å²) in [6.45, 7) is 3.09. The molecule has 0 saturated heterocycles. The van der Waals surface area contributed by atoms with Crippen LogP contribution in [0.3, 0.4) is 0 Å². The van der Waals surface area contributed by atoms with Crippen LogP contribution in [-0.2, 0) is 9.59 Å². The predicted molar refractivity (Wildman–Crippen MR) is 67.9 cm³/mol. The van der Waals surface area contributed by atoms with E-state index >= 15 is 0 Å². The van der Waals surface area contributed by atoms with Gasteiger partial charge in [0.25, 0.3) is 0 Å². The smallest absolute Gasteiger partial charge is 0.203 e. The summed E-state index contributed by atoms with van der Waals surface area (Å²) in [7, 11) is 2.01. The van der Waals surface area contributed by atoms with E-state index in [2.05, 4.69) is 11.8 Å². The van der Waals surface area contributed by atoms with Gasteiger partial charge in [0.05, 0.1) is 16.1 Å². The summed E-state index contributed by atoms with van der Waals surface area (Å²) in [5, 5.41) is 0. The Balaban J connectivity index is 2.56. The van der Waals surface area contributed by atoms with Gasteiger partial charge in [0, 0.05) is 19.3 Å². The maximum absolute atomic E-state index is 12.1. The average Bonchev–Trinajstić information content (AvgIpc) is 2.31. The molecule has 1 aliphatic carbocycles. The standard InChI is InChI=1S/C12H15NO2S/c1-3-16-7-6-13(2)10-5-4-9(8-14)11(15)12(10)16/h4-5,8H,3,6-7H2,1-2H3. The number of hydrogen-bond donors (Lipinski definition) is 0. The first-order valence-corrected chi connectivity index (χ1v) is 6.93. The normalized spacial score (nSPS) is 24.9. The highest BCUT2D eigenvalue weighted by atomic mass is 32.2. The number of allylic oxidation sites excluding steroid dienone is 4. The molecular formula is C12H15NO2S. The van der Waals surface area contributed by atoms with Crippen molar-refractivity contribution in [2.75, 3.05) is 25.1 Å². The zero-order valence-corrected chi connectivity index (χ0v) is 10.3. The van der Waals surface area contributed by atoms with Gasteiger partial charge < -0.3 is 4.90 Å². The minimum Gasteiger partial charge on any atom is -0.373 e. The number of rotatable bonds is 2. The van der Waals surface area contributed by atoms with E-state index in [1.165, 1.54) is 0 Å². The Morgan fingerprint density at radius 1 is 1.50 bits per heavy atom. The molecule has 0 fully saturated rings. The second-order valence-electron chi connectivity index (χ2n) is 3.86. The van der Waals surface area contributed by atoms with Crippen molar-refractivity contribution in [1.82, 2.24) is 4.90 Å². The van der Waals surface area contributed by atoms with E-state index in [1.807, 2.05) is 13.1 Å².